The number of hydrogen-bond acceptors (Lipinski definition) is 3. The minimum Gasteiger partial charge on any atom is -0.352 e. The molecule has 1 aliphatic heterocycles. The van der Waals surface area contributed by atoms with Crippen LogP contribution in [0.5, 0.6) is 0 Å². The SMILES string of the molecule is O=C(NC1CC1)C1CCCN1C(=O)c1ccc(Br)nc1. The lowest BCUT2D eigenvalue weighted by molar-refractivity contribution is -0.125. The molecule has 0 aromatic carbocycles. The number of likely N-dealkylation sites (tertiary alicyclic amines) is 1. The fourth-order valence-electron chi connectivity index (χ4n) is 2.48. The average Bonchev–Trinajstić information content (AvgIpc) is 3.11. The lowest BCUT2D eigenvalue weighted by Gasteiger charge is -2.24. The predicted molar refractivity (Wildman–Crippen MR) is 77.2 cm³/mol. The first-order chi connectivity index (χ1) is 9.65. The molecule has 1 aliphatic carbocycles. The van der Waals surface area contributed by atoms with Crippen molar-refractivity contribution < 1.29 is 9.59 Å². The molecule has 1 aromatic heterocycles. The molecule has 1 unspecified atom stereocenters. The number of carbonyl (C=O) groups is 2. The molecular weight excluding hydrogens is 322 g/mol. The third-order valence-electron chi connectivity index (χ3n) is 3.71. The molecule has 2 aliphatic rings. The quantitative estimate of drug-likeness (QED) is 0.854. The summed E-state index contributed by atoms with van der Waals surface area (Å²) in [5, 5.41) is 2.99. The Morgan fingerprint density at radius 3 is 2.75 bits per heavy atom. The number of amides is 2. The zero-order valence-electron chi connectivity index (χ0n) is 11.0. The summed E-state index contributed by atoms with van der Waals surface area (Å²) in [6.45, 7) is 0.637. The number of rotatable bonds is 3. The highest BCUT2D eigenvalue weighted by Gasteiger charge is 2.36. The van der Waals surface area contributed by atoms with Crippen molar-refractivity contribution in [3.63, 3.8) is 0 Å². The molecule has 20 heavy (non-hydrogen) atoms. The first-order valence-electron chi connectivity index (χ1n) is 6.88. The second kappa shape index (κ2) is 5.52. The number of pyridine rings is 1. The van der Waals surface area contributed by atoms with Gasteiger partial charge in [-0.15, -0.1) is 0 Å². The number of carbonyl (C=O) groups excluding carboxylic acids is 2. The van der Waals surface area contributed by atoms with Crippen LogP contribution >= 0.6 is 15.9 Å². The van der Waals surface area contributed by atoms with E-state index in [1.165, 1.54) is 0 Å². The van der Waals surface area contributed by atoms with Gasteiger partial charge in [0.05, 0.1) is 5.56 Å². The maximum atomic E-state index is 12.5. The summed E-state index contributed by atoms with van der Waals surface area (Å²) in [6, 6.07) is 3.47. The molecule has 1 N–H and O–H groups in total. The van der Waals surface area contributed by atoms with Gasteiger partial charge in [0.15, 0.2) is 0 Å². The second-order valence-corrected chi connectivity index (χ2v) is 6.12. The van der Waals surface area contributed by atoms with E-state index in [2.05, 4.69) is 26.2 Å². The topological polar surface area (TPSA) is 62.3 Å². The van der Waals surface area contributed by atoms with Gasteiger partial charge in [0.2, 0.25) is 5.91 Å². The van der Waals surface area contributed by atoms with E-state index in [9.17, 15) is 9.59 Å². The van der Waals surface area contributed by atoms with Gasteiger partial charge in [-0.2, -0.15) is 0 Å². The Hall–Kier alpha value is -1.43. The van der Waals surface area contributed by atoms with Gasteiger partial charge in [0.25, 0.3) is 5.91 Å². The Bertz CT molecular complexity index is 528. The number of halogens is 1. The molecule has 2 fully saturated rings. The third-order valence-corrected chi connectivity index (χ3v) is 4.18. The van der Waals surface area contributed by atoms with E-state index in [-0.39, 0.29) is 17.9 Å². The zero-order chi connectivity index (χ0) is 14.1. The molecule has 106 valence electrons. The van der Waals surface area contributed by atoms with Crippen LogP contribution in [-0.4, -0.2) is 40.3 Å². The summed E-state index contributed by atoms with van der Waals surface area (Å²) < 4.78 is 0.693. The minimum atomic E-state index is -0.327. The maximum absolute atomic E-state index is 12.5. The van der Waals surface area contributed by atoms with Crippen molar-refractivity contribution in [2.45, 2.75) is 37.8 Å². The van der Waals surface area contributed by atoms with Gasteiger partial charge in [-0.1, -0.05) is 0 Å². The number of aromatic nitrogens is 1. The molecule has 0 bridgehead atoms. The van der Waals surface area contributed by atoms with Crippen LogP contribution in [0.15, 0.2) is 22.9 Å². The van der Waals surface area contributed by atoms with Crippen molar-refractivity contribution in [1.82, 2.24) is 15.2 Å². The summed E-state index contributed by atoms with van der Waals surface area (Å²) in [7, 11) is 0. The van der Waals surface area contributed by atoms with Crippen LogP contribution in [0.1, 0.15) is 36.0 Å². The fourth-order valence-corrected chi connectivity index (χ4v) is 2.71. The van der Waals surface area contributed by atoms with E-state index < -0.39 is 0 Å². The number of nitrogens with one attached hydrogen (secondary N) is 1. The van der Waals surface area contributed by atoms with E-state index in [1.807, 2.05) is 0 Å². The van der Waals surface area contributed by atoms with Gasteiger partial charge < -0.3 is 10.2 Å². The molecule has 3 rings (SSSR count). The Morgan fingerprint density at radius 1 is 1.30 bits per heavy atom. The minimum absolute atomic E-state index is 0.0107. The fraction of sp³-hybridized carbons (Fsp3) is 0.500. The highest BCUT2D eigenvalue weighted by molar-refractivity contribution is 9.10. The third kappa shape index (κ3) is 2.85. The van der Waals surface area contributed by atoms with Crippen LogP contribution < -0.4 is 5.32 Å². The normalized spacial score (nSPS) is 21.9. The molecule has 1 saturated heterocycles. The van der Waals surface area contributed by atoms with E-state index in [0.29, 0.717) is 22.8 Å². The Kier molecular flexibility index (Phi) is 3.74. The van der Waals surface area contributed by atoms with Crippen molar-refractivity contribution in [1.29, 1.82) is 0 Å². The van der Waals surface area contributed by atoms with E-state index >= 15 is 0 Å². The van der Waals surface area contributed by atoms with Gasteiger partial charge in [0, 0.05) is 18.8 Å². The maximum Gasteiger partial charge on any atom is 0.256 e. The highest BCUT2D eigenvalue weighted by Crippen LogP contribution is 2.23. The van der Waals surface area contributed by atoms with Gasteiger partial charge in [0.1, 0.15) is 10.6 Å². The summed E-state index contributed by atoms with van der Waals surface area (Å²) in [4.78, 5) is 30.4. The highest BCUT2D eigenvalue weighted by atomic mass is 79.9. The van der Waals surface area contributed by atoms with Crippen LogP contribution in [0, 0.1) is 0 Å². The molecule has 2 amide bonds. The number of hydrogen-bond donors (Lipinski definition) is 1. The molecule has 1 aromatic rings. The van der Waals surface area contributed by atoms with Crippen LogP contribution in [0.3, 0.4) is 0 Å². The van der Waals surface area contributed by atoms with Crippen molar-refractivity contribution in [3.05, 3.63) is 28.5 Å². The molecule has 6 heteroatoms. The van der Waals surface area contributed by atoms with E-state index in [0.717, 1.165) is 25.7 Å². The van der Waals surface area contributed by atoms with Crippen LogP contribution in [0.25, 0.3) is 0 Å². The molecule has 0 radical (unpaired) electrons. The molecule has 0 spiro atoms. The Morgan fingerprint density at radius 2 is 2.10 bits per heavy atom. The lowest BCUT2D eigenvalue weighted by atomic mass is 10.2. The zero-order valence-corrected chi connectivity index (χ0v) is 12.6. The molecule has 2 heterocycles. The molecule has 5 nitrogen and oxygen atoms in total. The largest absolute Gasteiger partial charge is 0.352 e. The molecular formula is C14H16BrN3O2. The number of nitrogens with zero attached hydrogens (tertiary/aromatic N) is 2. The van der Waals surface area contributed by atoms with Crippen molar-refractivity contribution >= 4 is 27.7 Å². The first-order valence-corrected chi connectivity index (χ1v) is 7.67. The Labute approximate surface area is 125 Å². The summed E-state index contributed by atoms with van der Waals surface area (Å²) in [6.07, 6.45) is 5.28. The van der Waals surface area contributed by atoms with Gasteiger partial charge in [-0.3, -0.25) is 9.59 Å². The summed E-state index contributed by atoms with van der Waals surface area (Å²) in [5.41, 5.74) is 0.527. The van der Waals surface area contributed by atoms with E-state index in [4.69, 9.17) is 0 Å². The van der Waals surface area contributed by atoms with Crippen LogP contribution in [0.2, 0.25) is 0 Å². The van der Waals surface area contributed by atoms with Crippen LogP contribution in [0.4, 0.5) is 0 Å². The summed E-state index contributed by atoms with van der Waals surface area (Å²) >= 11 is 3.25. The molecule has 1 saturated carbocycles. The van der Waals surface area contributed by atoms with Gasteiger partial charge in [-0.05, 0) is 53.7 Å². The standard InChI is InChI=1S/C14H16BrN3O2/c15-12-6-3-9(8-16-12)14(20)18-7-1-2-11(18)13(19)17-10-4-5-10/h3,6,8,10-11H,1-2,4-5,7H2,(H,17,19). The van der Waals surface area contributed by atoms with Crippen molar-refractivity contribution in [2.75, 3.05) is 6.54 Å². The van der Waals surface area contributed by atoms with Gasteiger partial charge in [-0.25, -0.2) is 4.98 Å². The lowest BCUT2D eigenvalue weighted by Crippen LogP contribution is -2.46. The van der Waals surface area contributed by atoms with Crippen LogP contribution in [-0.2, 0) is 4.79 Å². The van der Waals surface area contributed by atoms with E-state index in [1.54, 1.807) is 23.2 Å². The first kappa shape index (κ1) is 13.5. The predicted octanol–water partition coefficient (Wildman–Crippen LogP) is 1.73. The van der Waals surface area contributed by atoms with Crippen molar-refractivity contribution in [2.24, 2.45) is 0 Å². The van der Waals surface area contributed by atoms with Gasteiger partial charge >= 0.3 is 0 Å². The Balaban J connectivity index is 1.72. The smallest absolute Gasteiger partial charge is 0.256 e. The average molecular weight is 338 g/mol. The molecule has 1 atom stereocenters. The monoisotopic (exact) mass is 337 g/mol. The summed E-state index contributed by atoms with van der Waals surface area (Å²) in [5.74, 6) is -0.123. The van der Waals surface area contributed by atoms with Crippen molar-refractivity contribution in [3.8, 4) is 0 Å². The second-order valence-electron chi connectivity index (χ2n) is 5.31.